The standard InChI is InChI=1S/C21H19ClN4O6S/c1-2-32-20-5-3-4-14(21(20)27)13-23-24-18-11-10-17(12-19(18)26(28)29)33(30,31)25-16-8-6-15(22)7-9-16/h3-13,24-25,27H,2H2,1H3. The van der Waals surface area contributed by atoms with Crippen LogP contribution in [-0.2, 0) is 10.0 Å². The maximum atomic E-state index is 12.6. The minimum absolute atomic E-state index is 0.0397. The van der Waals surface area contributed by atoms with E-state index in [1.54, 1.807) is 25.1 Å². The first kappa shape index (κ1) is 23.8. The number of anilines is 2. The molecule has 0 fully saturated rings. The fraction of sp³-hybridized carbons (Fsp3) is 0.0952. The van der Waals surface area contributed by atoms with Gasteiger partial charge in [0.15, 0.2) is 11.5 Å². The number of nitrogens with zero attached hydrogens (tertiary/aromatic N) is 2. The number of hydrogen-bond acceptors (Lipinski definition) is 8. The number of sulfonamides is 1. The van der Waals surface area contributed by atoms with Gasteiger partial charge in [-0.1, -0.05) is 17.7 Å². The third-order valence-electron chi connectivity index (χ3n) is 4.29. The zero-order valence-electron chi connectivity index (χ0n) is 17.2. The van der Waals surface area contributed by atoms with Crippen LogP contribution in [0.1, 0.15) is 12.5 Å². The minimum atomic E-state index is -4.09. The molecule has 12 heteroatoms. The molecule has 172 valence electrons. The van der Waals surface area contributed by atoms with Crippen molar-refractivity contribution in [1.82, 2.24) is 0 Å². The molecule has 3 aromatic carbocycles. The lowest BCUT2D eigenvalue weighted by Crippen LogP contribution is -2.13. The predicted molar refractivity (Wildman–Crippen MR) is 126 cm³/mol. The van der Waals surface area contributed by atoms with Crippen LogP contribution in [0.15, 0.2) is 70.7 Å². The number of ether oxygens (including phenoxy) is 1. The molecule has 0 unspecified atom stereocenters. The Bertz CT molecular complexity index is 1300. The number of nitro groups is 1. The number of para-hydroxylation sites is 1. The summed E-state index contributed by atoms with van der Waals surface area (Å²) < 4.78 is 32.9. The molecule has 0 aromatic heterocycles. The van der Waals surface area contributed by atoms with Crippen LogP contribution >= 0.6 is 11.6 Å². The van der Waals surface area contributed by atoms with E-state index in [-0.39, 0.29) is 27.8 Å². The summed E-state index contributed by atoms with van der Waals surface area (Å²) >= 11 is 5.79. The smallest absolute Gasteiger partial charge is 0.295 e. The molecule has 0 heterocycles. The topological polar surface area (TPSA) is 143 Å². The summed E-state index contributed by atoms with van der Waals surface area (Å²) in [6, 6.07) is 14.1. The lowest BCUT2D eigenvalue weighted by atomic mass is 10.2. The van der Waals surface area contributed by atoms with Crippen molar-refractivity contribution >= 4 is 44.9 Å². The van der Waals surface area contributed by atoms with E-state index in [2.05, 4.69) is 15.2 Å². The average Bonchev–Trinajstić information content (AvgIpc) is 2.78. The second kappa shape index (κ2) is 10.2. The predicted octanol–water partition coefficient (Wildman–Crippen LogP) is 4.60. The van der Waals surface area contributed by atoms with Crippen molar-refractivity contribution in [3.63, 3.8) is 0 Å². The largest absolute Gasteiger partial charge is 0.504 e. The number of aromatic hydroxyl groups is 1. The van der Waals surface area contributed by atoms with E-state index in [4.69, 9.17) is 16.3 Å². The Morgan fingerprint density at radius 1 is 1.18 bits per heavy atom. The van der Waals surface area contributed by atoms with Crippen molar-refractivity contribution in [1.29, 1.82) is 0 Å². The molecule has 33 heavy (non-hydrogen) atoms. The average molecular weight is 491 g/mol. The monoisotopic (exact) mass is 490 g/mol. The number of phenolic OH excluding ortho intramolecular Hbond substituents is 1. The van der Waals surface area contributed by atoms with Crippen LogP contribution in [-0.4, -0.2) is 31.3 Å². The van der Waals surface area contributed by atoms with Gasteiger partial charge in [0.2, 0.25) is 0 Å². The summed E-state index contributed by atoms with van der Waals surface area (Å²) in [5.74, 6) is 0.143. The fourth-order valence-corrected chi connectivity index (χ4v) is 3.95. The summed E-state index contributed by atoms with van der Waals surface area (Å²) in [6.07, 6.45) is 1.26. The van der Waals surface area contributed by atoms with Crippen LogP contribution < -0.4 is 14.9 Å². The van der Waals surface area contributed by atoms with Gasteiger partial charge in [-0.25, -0.2) is 8.42 Å². The molecule has 3 aromatic rings. The molecule has 0 radical (unpaired) electrons. The second-order valence-corrected chi connectivity index (χ2v) is 8.66. The van der Waals surface area contributed by atoms with Gasteiger partial charge in [-0.2, -0.15) is 5.10 Å². The number of hydrazone groups is 1. The van der Waals surface area contributed by atoms with Gasteiger partial charge in [0.1, 0.15) is 5.69 Å². The zero-order valence-corrected chi connectivity index (χ0v) is 18.8. The van der Waals surface area contributed by atoms with E-state index in [1.165, 1.54) is 42.6 Å². The Balaban J connectivity index is 1.83. The summed E-state index contributed by atoms with van der Waals surface area (Å²) in [4.78, 5) is 10.5. The quantitative estimate of drug-likeness (QED) is 0.226. The van der Waals surface area contributed by atoms with Crippen LogP contribution in [0.25, 0.3) is 0 Å². The summed E-state index contributed by atoms with van der Waals surface area (Å²) in [5, 5.41) is 26.1. The molecule has 0 saturated heterocycles. The zero-order chi connectivity index (χ0) is 24.0. The van der Waals surface area contributed by atoms with Gasteiger partial charge in [0.25, 0.3) is 15.7 Å². The third kappa shape index (κ3) is 5.90. The van der Waals surface area contributed by atoms with Crippen molar-refractivity contribution < 1.29 is 23.2 Å². The van der Waals surface area contributed by atoms with Crippen molar-refractivity contribution in [2.45, 2.75) is 11.8 Å². The van der Waals surface area contributed by atoms with Gasteiger partial charge in [-0.3, -0.25) is 20.3 Å². The van der Waals surface area contributed by atoms with E-state index in [9.17, 15) is 23.6 Å². The molecule has 0 amide bonds. The van der Waals surface area contributed by atoms with Crippen LogP contribution in [0, 0.1) is 10.1 Å². The third-order valence-corrected chi connectivity index (χ3v) is 5.92. The summed E-state index contributed by atoms with van der Waals surface area (Å²) in [7, 11) is -4.09. The number of rotatable bonds is 9. The molecule has 3 rings (SSSR count). The van der Waals surface area contributed by atoms with Gasteiger partial charge in [-0.15, -0.1) is 0 Å². The van der Waals surface area contributed by atoms with E-state index in [0.29, 0.717) is 17.2 Å². The van der Waals surface area contributed by atoms with Gasteiger partial charge >= 0.3 is 0 Å². The van der Waals surface area contributed by atoms with Crippen molar-refractivity contribution in [2.24, 2.45) is 5.10 Å². The van der Waals surface area contributed by atoms with Crippen LogP contribution in [0.5, 0.6) is 11.5 Å². The number of nitro benzene ring substituents is 1. The highest BCUT2D eigenvalue weighted by atomic mass is 35.5. The SMILES string of the molecule is CCOc1cccc(C=NNc2ccc(S(=O)(=O)Nc3ccc(Cl)cc3)cc2[N+](=O)[O-])c1O. The Labute approximate surface area is 194 Å². The highest BCUT2D eigenvalue weighted by molar-refractivity contribution is 7.92. The van der Waals surface area contributed by atoms with Gasteiger partial charge < -0.3 is 9.84 Å². The van der Waals surface area contributed by atoms with E-state index < -0.39 is 20.6 Å². The van der Waals surface area contributed by atoms with Crippen LogP contribution in [0.2, 0.25) is 5.02 Å². The molecule has 0 spiro atoms. The van der Waals surface area contributed by atoms with E-state index in [1.807, 2.05) is 0 Å². The lowest BCUT2D eigenvalue weighted by molar-refractivity contribution is -0.384. The molecule has 10 nitrogen and oxygen atoms in total. The van der Waals surface area contributed by atoms with E-state index >= 15 is 0 Å². The molecular weight excluding hydrogens is 472 g/mol. The first-order valence-corrected chi connectivity index (χ1v) is 11.4. The highest BCUT2D eigenvalue weighted by Crippen LogP contribution is 2.30. The fourth-order valence-electron chi connectivity index (χ4n) is 2.74. The van der Waals surface area contributed by atoms with Gasteiger partial charge in [-0.05, 0) is 55.5 Å². The van der Waals surface area contributed by atoms with Crippen LogP contribution in [0.3, 0.4) is 0 Å². The maximum Gasteiger partial charge on any atom is 0.295 e. The number of phenols is 1. The number of nitrogens with one attached hydrogen (secondary N) is 2. The first-order valence-electron chi connectivity index (χ1n) is 9.52. The Kier molecular flexibility index (Phi) is 7.36. The number of hydrogen-bond donors (Lipinski definition) is 3. The maximum absolute atomic E-state index is 12.6. The highest BCUT2D eigenvalue weighted by Gasteiger charge is 2.21. The van der Waals surface area contributed by atoms with Crippen molar-refractivity contribution in [3.05, 3.63) is 81.4 Å². The summed E-state index contributed by atoms with van der Waals surface area (Å²) in [5.41, 5.74) is 2.54. The summed E-state index contributed by atoms with van der Waals surface area (Å²) in [6.45, 7) is 2.14. The Morgan fingerprint density at radius 3 is 2.58 bits per heavy atom. The number of benzene rings is 3. The molecule has 0 atom stereocenters. The minimum Gasteiger partial charge on any atom is -0.504 e. The molecule has 0 bridgehead atoms. The van der Waals surface area contributed by atoms with Crippen LogP contribution in [0.4, 0.5) is 17.1 Å². The molecule has 0 aliphatic carbocycles. The number of halogens is 1. The van der Waals surface area contributed by atoms with Gasteiger partial charge in [0.05, 0.1) is 22.6 Å². The Morgan fingerprint density at radius 2 is 1.91 bits per heavy atom. The van der Waals surface area contributed by atoms with Gasteiger partial charge in [0, 0.05) is 22.3 Å². The molecular formula is C21H19ClN4O6S. The normalized spacial score (nSPS) is 11.3. The van der Waals surface area contributed by atoms with E-state index in [0.717, 1.165) is 6.07 Å². The lowest BCUT2D eigenvalue weighted by Gasteiger charge is -2.10. The second-order valence-electron chi connectivity index (χ2n) is 6.55. The van der Waals surface area contributed by atoms with Crippen molar-refractivity contribution in [2.75, 3.05) is 16.8 Å². The molecule has 0 aliphatic heterocycles. The Hall–Kier alpha value is -3.83. The molecule has 0 saturated carbocycles. The molecule has 0 aliphatic rings. The van der Waals surface area contributed by atoms with Crippen molar-refractivity contribution in [3.8, 4) is 11.5 Å². The molecule has 3 N–H and O–H groups in total. The first-order chi connectivity index (χ1) is 15.7.